The van der Waals surface area contributed by atoms with Gasteiger partial charge in [-0.1, -0.05) is 39.0 Å². The first-order valence-corrected chi connectivity index (χ1v) is 12.7. The predicted molar refractivity (Wildman–Crippen MR) is 131 cm³/mol. The number of benzene rings is 1. The molecule has 2 fully saturated rings. The van der Waals surface area contributed by atoms with E-state index in [1.807, 2.05) is 13.0 Å². The van der Waals surface area contributed by atoms with Gasteiger partial charge in [0.05, 0.1) is 11.5 Å². The lowest BCUT2D eigenvalue weighted by molar-refractivity contribution is -0.145. The van der Waals surface area contributed by atoms with Gasteiger partial charge in [-0.05, 0) is 79.5 Å². The number of urea groups is 1. The summed E-state index contributed by atoms with van der Waals surface area (Å²) in [5, 5.41) is 12.5. The molecule has 4 rings (SSSR count). The maximum atomic E-state index is 13.9. The molecule has 1 aromatic carbocycles. The van der Waals surface area contributed by atoms with Crippen LogP contribution >= 0.6 is 0 Å². The van der Waals surface area contributed by atoms with Crippen molar-refractivity contribution >= 4 is 12.0 Å². The predicted octanol–water partition coefficient (Wildman–Crippen LogP) is 6.40. The molecule has 5 nitrogen and oxygen atoms in total. The molecule has 35 heavy (non-hydrogen) atoms. The number of carboxylic acid groups (broad SMARTS) is 1. The topological polar surface area (TPSA) is 69.6 Å². The van der Waals surface area contributed by atoms with Gasteiger partial charge in [0.25, 0.3) is 0 Å². The molecule has 1 unspecified atom stereocenters. The molecule has 1 aliphatic heterocycles. The quantitative estimate of drug-likeness (QED) is 0.487. The van der Waals surface area contributed by atoms with E-state index < -0.39 is 29.4 Å². The number of hydrogen-bond donors (Lipinski definition) is 2. The van der Waals surface area contributed by atoms with Crippen LogP contribution in [0.4, 0.5) is 13.6 Å². The number of carbonyl (C=O) groups excluding carboxylic acids is 1. The van der Waals surface area contributed by atoms with Crippen LogP contribution in [0.3, 0.4) is 0 Å². The highest BCUT2D eigenvalue weighted by Crippen LogP contribution is 2.49. The van der Waals surface area contributed by atoms with E-state index in [1.165, 1.54) is 10.5 Å². The van der Waals surface area contributed by atoms with Crippen LogP contribution in [0.25, 0.3) is 0 Å². The molecular weight excluding hydrogens is 450 g/mol. The van der Waals surface area contributed by atoms with Gasteiger partial charge in [0.1, 0.15) is 0 Å². The number of nitrogens with zero attached hydrogens (tertiary/aromatic N) is 1. The SMILES string of the molecule is Cc1cc([C@]2(C)NC(=O)N(C3CCC(F)(F)C3)C=C2C2CC(C(=O)O)C2)ccc1CCC(C)(C)C. The van der Waals surface area contributed by atoms with Gasteiger partial charge >= 0.3 is 12.0 Å². The summed E-state index contributed by atoms with van der Waals surface area (Å²) in [7, 11) is 0. The molecule has 0 radical (unpaired) electrons. The molecule has 0 bridgehead atoms. The summed E-state index contributed by atoms with van der Waals surface area (Å²) in [5.74, 6) is -4.00. The lowest BCUT2D eigenvalue weighted by atomic mass is 9.64. The molecule has 192 valence electrons. The van der Waals surface area contributed by atoms with Crippen LogP contribution in [0.15, 0.2) is 30.0 Å². The molecule has 1 aromatic rings. The largest absolute Gasteiger partial charge is 0.481 e. The second-order valence-electron chi connectivity index (χ2n) is 12.2. The zero-order valence-electron chi connectivity index (χ0n) is 21.5. The van der Waals surface area contributed by atoms with Gasteiger partial charge in [-0.3, -0.25) is 9.69 Å². The first-order valence-electron chi connectivity index (χ1n) is 12.7. The van der Waals surface area contributed by atoms with Crippen molar-refractivity contribution in [2.24, 2.45) is 17.3 Å². The second kappa shape index (κ2) is 8.90. The zero-order chi connectivity index (χ0) is 25.8. The summed E-state index contributed by atoms with van der Waals surface area (Å²) in [6, 6.07) is 5.35. The number of carbonyl (C=O) groups is 2. The molecule has 2 atom stereocenters. The number of amides is 2. The maximum absolute atomic E-state index is 13.9. The summed E-state index contributed by atoms with van der Waals surface area (Å²) in [5.41, 5.74) is 3.67. The summed E-state index contributed by atoms with van der Waals surface area (Å²) >= 11 is 0. The summed E-state index contributed by atoms with van der Waals surface area (Å²) in [4.78, 5) is 26.1. The molecule has 0 aromatic heterocycles. The molecule has 3 aliphatic rings. The Labute approximate surface area is 207 Å². The minimum Gasteiger partial charge on any atom is -0.481 e. The highest BCUT2D eigenvalue weighted by atomic mass is 19.3. The second-order valence-corrected chi connectivity index (χ2v) is 12.2. The van der Waals surface area contributed by atoms with Crippen LogP contribution in [0.1, 0.15) is 82.9 Å². The number of alkyl halides is 2. The van der Waals surface area contributed by atoms with Crippen LogP contribution in [-0.4, -0.2) is 34.0 Å². The van der Waals surface area contributed by atoms with Gasteiger partial charge in [-0.25, -0.2) is 13.6 Å². The molecule has 2 amide bonds. The van der Waals surface area contributed by atoms with Crippen molar-refractivity contribution in [3.05, 3.63) is 46.7 Å². The Hall–Kier alpha value is -2.44. The van der Waals surface area contributed by atoms with Gasteiger partial charge in [-0.15, -0.1) is 0 Å². The van der Waals surface area contributed by atoms with Gasteiger partial charge in [-0.2, -0.15) is 0 Å². The van der Waals surface area contributed by atoms with Crippen LogP contribution < -0.4 is 5.32 Å². The summed E-state index contributed by atoms with van der Waals surface area (Å²) in [6.07, 6.45) is 4.46. The van der Waals surface area contributed by atoms with E-state index >= 15 is 0 Å². The van der Waals surface area contributed by atoms with Crippen molar-refractivity contribution in [2.45, 2.75) is 97.1 Å². The molecule has 2 saturated carbocycles. The fourth-order valence-corrected chi connectivity index (χ4v) is 5.75. The minimum atomic E-state index is -2.76. The first kappa shape index (κ1) is 25.6. The summed E-state index contributed by atoms with van der Waals surface area (Å²) < 4.78 is 27.9. The third-order valence-electron chi connectivity index (χ3n) is 8.21. The van der Waals surface area contributed by atoms with E-state index in [4.69, 9.17) is 0 Å². The number of nitrogens with one attached hydrogen (secondary N) is 1. The Morgan fingerprint density at radius 3 is 2.49 bits per heavy atom. The Morgan fingerprint density at radius 1 is 1.26 bits per heavy atom. The Kier molecular flexibility index (Phi) is 6.52. The van der Waals surface area contributed by atoms with E-state index in [0.29, 0.717) is 12.8 Å². The highest BCUT2D eigenvalue weighted by molar-refractivity contribution is 5.80. The van der Waals surface area contributed by atoms with E-state index in [2.05, 4.69) is 45.1 Å². The van der Waals surface area contributed by atoms with Crippen LogP contribution in [0.2, 0.25) is 0 Å². The average Bonchev–Trinajstić information content (AvgIpc) is 3.06. The van der Waals surface area contributed by atoms with Gasteiger partial charge in [0, 0.05) is 25.1 Å². The molecule has 0 spiro atoms. The number of aliphatic carboxylic acids is 1. The van der Waals surface area contributed by atoms with E-state index in [9.17, 15) is 23.5 Å². The van der Waals surface area contributed by atoms with Crippen molar-refractivity contribution in [1.82, 2.24) is 10.2 Å². The monoisotopic (exact) mass is 488 g/mol. The number of hydrogen-bond acceptors (Lipinski definition) is 2. The molecule has 2 aliphatic carbocycles. The van der Waals surface area contributed by atoms with E-state index in [0.717, 1.165) is 29.5 Å². The van der Waals surface area contributed by atoms with Gasteiger partial charge in [0.2, 0.25) is 5.92 Å². The third-order valence-corrected chi connectivity index (χ3v) is 8.21. The molecule has 2 N–H and O–H groups in total. The molecule has 0 saturated heterocycles. The Balaban J connectivity index is 1.66. The van der Waals surface area contributed by atoms with Gasteiger partial charge in [0.15, 0.2) is 0 Å². The highest BCUT2D eigenvalue weighted by Gasteiger charge is 2.50. The minimum absolute atomic E-state index is 0.0213. The van der Waals surface area contributed by atoms with Crippen molar-refractivity contribution in [3.8, 4) is 0 Å². The fraction of sp³-hybridized carbons (Fsp3) is 0.643. The molecule has 7 heteroatoms. The smallest absolute Gasteiger partial charge is 0.322 e. The van der Waals surface area contributed by atoms with Crippen molar-refractivity contribution in [3.63, 3.8) is 0 Å². The van der Waals surface area contributed by atoms with Gasteiger partial charge < -0.3 is 10.4 Å². The standard InChI is InChI=1S/C28H38F2N2O3/c1-17-12-21(7-6-18(17)8-10-26(2,3)4)27(5)23(19-13-20(14-19)24(33)34)16-32(25(35)31-27)22-9-11-28(29,30)15-22/h6-7,12,16,19-20,22H,8-11,13-15H2,1-5H3,(H,31,35)(H,33,34)/t19?,20?,22?,27-/m0/s1. The normalized spacial score (nSPS) is 30.5. The van der Waals surface area contributed by atoms with E-state index in [-0.39, 0.29) is 36.6 Å². The maximum Gasteiger partial charge on any atom is 0.322 e. The fourth-order valence-electron chi connectivity index (χ4n) is 5.75. The summed E-state index contributed by atoms with van der Waals surface area (Å²) in [6.45, 7) is 10.7. The zero-order valence-corrected chi connectivity index (χ0v) is 21.5. The number of halogens is 2. The van der Waals surface area contributed by atoms with Crippen molar-refractivity contribution in [2.75, 3.05) is 0 Å². The Morgan fingerprint density at radius 2 is 1.94 bits per heavy atom. The lowest BCUT2D eigenvalue weighted by Gasteiger charge is -2.48. The first-order chi connectivity index (χ1) is 16.2. The molecular formula is C28H38F2N2O3. The van der Waals surface area contributed by atoms with Crippen LogP contribution in [0, 0.1) is 24.2 Å². The third kappa shape index (κ3) is 5.24. The van der Waals surface area contributed by atoms with Crippen molar-refractivity contribution in [1.29, 1.82) is 0 Å². The number of aryl methyl sites for hydroxylation is 2. The van der Waals surface area contributed by atoms with Crippen LogP contribution in [-0.2, 0) is 16.8 Å². The van der Waals surface area contributed by atoms with E-state index in [1.54, 1.807) is 6.20 Å². The van der Waals surface area contributed by atoms with Crippen LogP contribution in [0.5, 0.6) is 0 Å². The Bertz CT molecular complexity index is 1040. The number of rotatable bonds is 6. The lowest BCUT2D eigenvalue weighted by Crippen LogP contribution is -2.58. The molecule has 1 heterocycles. The average molecular weight is 489 g/mol. The number of carboxylic acids is 1. The van der Waals surface area contributed by atoms with Crippen molar-refractivity contribution < 1.29 is 23.5 Å².